The molecule has 2 N–H and O–H groups in total. The molecule has 4 rings (SSSR count). The first-order chi connectivity index (χ1) is 13.5. The number of nitrogens with one attached hydrogen (secondary N) is 2. The summed E-state index contributed by atoms with van der Waals surface area (Å²) in [5, 5.41) is 3.06. The zero-order chi connectivity index (χ0) is 19.6. The Morgan fingerprint density at radius 3 is 2.79 bits per heavy atom. The van der Waals surface area contributed by atoms with Crippen molar-refractivity contribution in [3.63, 3.8) is 0 Å². The molecule has 0 aromatic heterocycles. The van der Waals surface area contributed by atoms with Gasteiger partial charge in [0, 0.05) is 32.7 Å². The van der Waals surface area contributed by atoms with Crippen molar-refractivity contribution in [1.82, 2.24) is 9.62 Å². The minimum Gasteiger partial charge on any atom is -0.381 e. The Kier molecular flexibility index (Phi) is 5.89. The maximum atomic E-state index is 14.5. The van der Waals surface area contributed by atoms with Gasteiger partial charge in [-0.2, -0.15) is 0 Å². The number of hydrogen-bond acceptors (Lipinski definition) is 6. The maximum absolute atomic E-state index is 14.5. The number of rotatable bonds is 7. The first-order valence-electron chi connectivity index (χ1n) is 9.98. The maximum Gasteiger partial charge on any atom is 0.241 e. The van der Waals surface area contributed by atoms with Gasteiger partial charge in [-0.3, -0.25) is 0 Å². The zero-order valence-electron chi connectivity index (χ0n) is 16.0. The third-order valence-corrected chi connectivity index (χ3v) is 7.41. The number of halogens is 1. The molecular weight excluding hydrogens is 385 g/mol. The molecule has 1 aromatic carbocycles. The lowest BCUT2D eigenvalue weighted by atomic mass is 9.94. The summed E-state index contributed by atoms with van der Waals surface area (Å²) in [6.07, 6.45) is 3.68. The highest BCUT2D eigenvalue weighted by molar-refractivity contribution is 7.89. The van der Waals surface area contributed by atoms with E-state index in [9.17, 15) is 12.8 Å². The predicted molar refractivity (Wildman–Crippen MR) is 103 cm³/mol. The minimum absolute atomic E-state index is 0.0731. The van der Waals surface area contributed by atoms with Gasteiger partial charge in [0.15, 0.2) is 0 Å². The van der Waals surface area contributed by atoms with E-state index in [0.717, 1.165) is 25.7 Å². The first-order valence-corrected chi connectivity index (χ1v) is 11.5. The molecule has 7 nitrogen and oxygen atoms in total. The van der Waals surface area contributed by atoms with E-state index in [4.69, 9.17) is 9.47 Å². The Bertz CT molecular complexity index is 787. The van der Waals surface area contributed by atoms with Crippen molar-refractivity contribution in [3.05, 3.63) is 24.0 Å². The molecule has 0 bridgehead atoms. The molecule has 28 heavy (non-hydrogen) atoms. The summed E-state index contributed by atoms with van der Waals surface area (Å²) in [7, 11) is -3.84. The molecule has 1 spiro atoms. The summed E-state index contributed by atoms with van der Waals surface area (Å²) in [6, 6.07) is 3.65. The summed E-state index contributed by atoms with van der Waals surface area (Å²) >= 11 is 0. The van der Waals surface area contributed by atoms with Gasteiger partial charge in [-0.15, -0.1) is 0 Å². The number of benzene rings is 1. The van der Waals surface area contributed by atoms with Crippen molar-refractivity contribution in [1.29, 1.82) is 0 Å². The standard InChI is InChI=1S/C19H28FN3O4S/c20-16-13-15(3-4-17(16)21-7-10-23-8-1-2-9-23)28(24,25)22-18-5-11-27-19(18)6-12-26-14-19/h3-4,13,18,21-22H,1-2,5-12,14H2. The van der Waals surface area contributed by atoms with Crippen LogP contribution in [0.25, 0.3) is 0 Å². The number of anilines is 1. The van der Waals surface area contributed by atoms with Crippen LogP contribution in [0.1, 0.15) is 25.7 Å². The van der Waals surface area contributed by atoms with Gasteiger partial charge in [-0.1, -0.05) is 0 Å². The van der Waals surface area contributed by atoms with Gasteiger partial charge in [0.05, 0.1) is 23.2 Å². The number of likely N-dealkylation sites (tertiary alicyclic amines) is 1. The molecular formula is C19H28FN3O4S. The van der Waals surface area contributed by atoms with Gasteiger partial charge >= 0.3 is 0 Å². The van der Waals surface area contributed by atoms with E-state index in [1.807, 2.05) is 0 Å². The van der Waals surface area contributed by atoms with Crippen LogP contribution in [0.2, 0.25) is 0 Å². The quantitative estimate of drug-likeness (QED) is 0.706. The zero-order valence-corrected chi connectivity index (χ0v) is 16.8. The van der Waals surface area contributed by atoms with E-state index >= 15 is 0 Å². The third kappa shape index (κ3) is 4.18. The molecule has 0 saturated carbocycles. The second-order valence-corrected chi connectivity index (χ2v) is 9.51. The van der Waals surface area contributed by atoms with Crippen LogP contribution in [0.15, 0.2) is 23.1 Å². The van der Waals surface area contributed by atoms with E-state index in [1.165, 1.54) is 25.0 Å². The molecule has 3 saturated heterocycles. The van der Waals surface area contributed by atoms with Crippen molar-refractivity contribution in [3.8, 4) is 0 Å². The van der Waals surface area contributed by atoms with Crippen molar-refractivity contribution >= 4 is 15.7 Å². The Morgan fingerprint density at radius 1 is 1.25 bits per heavy atom. The van der Waals surface area contributed by atoms with Crippen LogP contribution in [0.4, 0.5) is 10.1 Å². The van der Waals surface area contributed by atoms with E-state index in [1.54, 1.807) is 0 Å². The molecule has 156 valence electrons. The second-order valence-electron chi connectivity index (χ2n) is 7.80. The van der Waals surface area contributed by atoms with Crippen molar-refractivity contribution < 1.29 is 22.3 Å². The lowest BCUT2D eigenvalue weighted by Gasteiger charge is -2.28. The summed E-state index contributed by atoms with van der Waals surface area (Å²) < 4.78 is 53.9. The highest BCUT2D eigenvalue weighted by Gasteiger charge is 2.48. The highest BCUT2D eigenvalue weighted by atomic mass is 32.2. The van der Waals surface area contributed by atoms with Gasteiger partial charge in [0.1, 0.15) is 11.4 Å². The Hall–Kier alpha value is -1.26. The molecule has 3 fully saturated rings. The topological polar surface area (TPSA) is 79.9 Å². The van der Waals surface area contributed by atoms with E-state index < -0.39 is 21.4 Å². The van der Waals surface area contributed by atoms with E-state index in [-0.39, 0.29) is 10.9 Å². The Morgan fingerprint density at radius 2 is 2.07 bits per heavy atom. The Balaban J connectivity index is 1.39. The second kappa shape index (κ2) is 8.23. The van der Waals surface area contributed by atoms with Crippen molar-refractivity contribution in [2.24, 2.45) is 0 Å². The minimum atomic E-state index is -3.84. The fourth-order valence-corrected chi connectivity index (χ4v) is 5.63. The normalized spacial score (nSPS) is 28.4. The molecule has 9 heteroatoms. The SMILES string of the molecule is O=S(=O)(NC1CCOC12CCOC2)c1ccc(NCCN2CCCC2)c(F)c1. The van der Waals surface area contributed by atoms with Gasteiger partial charge in [-0.05, 0) is 50.6 Å². The smallest absolute Gasteiger partial charge is 0.241 e. The predicted octanol–water partition coefficient (Wildman–Crippen LogP) is 1.56. The number of ether oxygens (including phenoxy) is 2. The van der Waals surface area contributed by atoms with Crippen LogP contribution >= 0.6 is 0 Å². The lowest BCUT2D eigenvalue weighted by molar-refractivity contribution is -0.0134. The average Bonchev–Trinajstić information content (AvgIpc) is 3.41. The highest BCUT2D eigenvalue weighted by Crippen LogP contribution is 2.35. The van der Waals surface area contributed by atoms with Crippen LogP contribution in [0, 0.1) is 5.82 Å². The van der Waals surface area contributed by atoms with Crippen molar-refractivity contribution in [2.75, 3.05) is 51.3 Å². The summed E-state index contributed by atoms with van der Waals surface area (Å²) in [6.45, 7) is 5.09. The third-order valence-electron chi connectivity index (χ3n) is 5.94. The van der Waals surface area contributed by atoms with Gasteiger partial charge < -0.3 is 19.7 Å². The molecule has 0 aliphatic carbocycles. The number of nitrogens with zero attached hydrogens (tertiary/aromatic N) is 1. The van der Waals surface area contributed by atoms with Gasteiger partial charge in [0.2, 0.25) is 10.0 Å². The Labute approximate surface area is 165 Å². The molecule has 1 aromatic rings. The van der Waals surface area contributed by atoms with Gasteiger partial charge in [-0.25, -0.2) is 17.5 Å². The fourth-order valence-electron chi connectivity index (χ4n) is 4.28. The van der Waals surface area contributed by atoms with Gasteiger partial charge in [0.25, 0.3) is 0 Å². The van der Waals surface area contributed by atoms with Crippen LogP contribution in [-0.4, -0.2) is 71.0 Å². The molecule has 3 aliphatic rings. The summed E-state index contributed by atoms with van der Waals surface area (Å²) in [4.78, 5) is 2.26. The van der Waals surface area contributed by atoms with E-state index in [0.29, 0.717) is 44.9 Å². The lowest BCUT2D eigenvalue weighted by Crippen LogP contribution is -2.50. The molecule has 0 radical (unpaired) electrons. The van der Waals surface area contributed by atoms with Crippen LogP contribution < -0.4 is 10.0 Å². The molecule has 2 atom stereocenters. The van der Waals surface area contributed by atoms with Crippen LogP contribution in [0.3, 0.4) is 0 Å². The first kappa shape index (κ1) is 20.0. The largest absolute Gasteiger partial charge is 0.381 e. The monoisotopic (exact) mass is 413 g/mol. The van der Waals surface area contributed by atoms with Crippen LogP contribution in [-0.2, 0) is 19.5 Å². The summed E-state index contributed by atoms with van der Waals surface area (Å²) in [5.41, 5.74) is -0.272. The fraction of sp³-hybridized carbons (Fsp3) is 0.684. The average molecular weight is 414 g/mol. The number of hydrogen-bond donors (Lipinski definition) is 2. The van der Waals surface area contributed by atoms with Crippen LogP contribution in [0.5, 0.6) is 0 Å². The summed E-state index contributed by atoms with van der Waals surface area (Å²) in [5.74, 6) is -0.564. The number of sulfonamides is 1. The molecule has 3 heterocycles. The molecule has 0 amide bonds. The molecule has 2 unspecified atom stereocenters. The van der Waals surface area contributed by atoms with E-state index in [2.05, 4.69) is 14.9 Å². The van der Waals surface area contributed by atoms with Crippen molar-refractivity contribution in [2.45, 2.75) is 42.2 Å². The molecule has 3 aliphatic heterocycles.